The molecule has 0 aromatic heterocycles. The maximum atomic E-state index is 11.7. The summed E-state index contributed by atoms with van der Waals surface area (Å²) < 4.78 is 0. The first-order valence-corrected chi connectivity index (χ1v) is 6.95. The number of carbonyl (C=O) groups is 1. The minimum absolute atomic E-state index is 0.566. The van der Waals surface area contributed by atoms with Gasteiger partial charge in [0.15, 0.2) is 0 Å². The van der Waals surface area contributed by atoms with Gasteiger partial charge >= 0.3 is 5.97 Å². The average Bonchev–Trinajstić information content (AvgIpc) is 3.09. The van der Waals surface area contributed by atoms with Crippen LogP contribution in [-0.4, -0.2) is 58.6 Å². The summed E-state index contributed by atoms with van der Waals surface area (Å²) in [7, 11) is 0. The lowest BCUT2D eigenvalue weighted by molar-refractivity contribution is -0.151. The average molecular weight is 238 g/mol. The summed E-state index contributed by atoms with van der Waals surface area (Å²) in [5, 5.41) is 9.67. The largest absolute Gasteiger partial charge is 0.480 e. The molecule has 1 atom stereocenters. The number of hydrogen-bond donors (Lipinski definition) is 1. The van der Waals surface area contributed by atoms with Gasteiger partial charge in [-0.3, -0.25) is 14.6 Å². The maximum Gasteiger partial charge on any atom is 0.325 e. The van der Waals surface area contributed by atoms with Gasteiger partial charge in [0.2, 0.25) is 0 Å². The van der Waals surface area contributed by atoms with Crippen LogP contribution < -0.4 is 0 Å². The Morgan fingerprint density at radius 1 is 1.12 bits per heavy atom. The smallest absolute Gasteiger partial charge is 0.325 e. The van der Waals surface area contributed by atoms with Crippen molar-refractivity contribution in [2.24, 2.45) is 0 Å². The molecule has 3 aliphatic rings. The fraction of sp³-hybridized carbons (Fsp3) is 0.923. The number of likely N-dealkylation sites (tertiary alicyclic amines) is 2. The topological polar surface area (TPSA) is 43.8 Å². The molecule has 0 bridgehead atoms. The zero-order valence-electron chi connectivity index (χ0n) is 10.4. The minimum atomic E-state index is -0.595. The second-order valence-electron chi connectivity index (χ2n) is 5.84. The zero-order chi connectivity index (χ0) is 11.9. The predicted octanol–water partition coefficient (Wildman–Crippen LogP) is 1.16. The van der Waals surface area contributed by atoms with Crippen molar-refractivity contribution in [1.29, 1.82) is 0 Å². The number of hydrogen-bond acceptors (Lipinski definition) is 3. The Bertz CT molecular complexity index is 311. The number of carboxylic acids is 1. The number of aliphatic carboxylic acids is 1. The van der Waals surface area contributed by atoms with Gasteiger partial charge in [0.25, 0.3) is 0 Å². The molecule has 0 amide bonds. The molecule has 2 heterocycles. The second kappa shape index (κ2) is 4.25. The third-order valence-electron chi connectivity index (χ3n) is 4.70. The van der Waals surface area contributed by atoms with Crippen LogP contribution in [0.4, 0.5) is 0 Å². The molecule has 1 aliphatic carbocycles. The highest BCUT2D eigenvalue weighted by Crippen LogP contribution is 2.37. The van der Waals surface area contributed by atoms with Crippen LogP contribution in [0.5, 0.6) is 0 Å². The molecule has 0 spiro atoms. The van der Waals surface area contributed by atoms with E-state index >= 15 is 0 Å². The molecule has 3 rings (SSSR count). The van der Waals surface area contributed by atoms with Crippen LogP contribution in [0.15, 0.2) is 0 Å². The summed E-state index contributed by atoms with van der Waals surface area (Å²) in [6, 6.07) is 0.695. The summed E-state index contributed by atoms with van der Waals surface area (Å²) in [6.07, 6.45) is 6.96. The van der Waals surface area contributed by atoms with Gasteiger partial charge in [-0.25, -0.2) is 0 Å². The van der Waals surface area contributed by atoms with E-state index in [0.29, 0.717) is 6.04 Å². The molecule has 17 heavy (non-hydrogen) atoms. The summed E-state index contributed by atoms with van der Waals surface area (Å²) in [5.74, 6) is -0.595. The van der Waals surface area contributed by atoms with Crippen molar-refractivity contribution in [3.63, 3.8) is 0 Å². The Morgan fingerprint density at radius 2 is 1.82 bits per heavy atom. The summed E-state index contributed by atoms with van der Waals surface area (Å²) in [4.78, 5) is 16.4. The van der Waals surface area contributed by atoms with Crippen LogP contribution in [0.3, 0.4) is 0 Å². The molecule has 4 nitrogen and oxygen atoms in total. The Morgan fingerprint density at radius 3 is 2.41 bits per heavy atom. The third kappa shape index (κ3) is 1.97. The minimum Gasteiger partial charge on any atom is -0.480 e. The van der Waals surface area contributed by atoms with E-state index in [-0.39, 0.29) is 0 Å². The zero-order valence-corrected chi connectivity index (χ0v) is 10.4. The van der Waals surface area contributed by atoms with Gasteiger partial charge in [-0.15, -0.1) is 0 Å². The fourth-order valence-corrected chi connectivity index (χ4v) is 3.46. The van der Waals surface area contributed by atoms with Gasteiger partial charge < -0.3 is 5.11 Å². The summed E-state index contributed by atoms with van der Waals surface area (Å²) in [5.41, 5.74) is -0.566. The van der Waals surface area contributed by atoms with Crippen molar-refractivity contribution in [3.05, 3.63) is 0 Å². The lowest BCUT2D eigenvalue weighted by atomic mass is 9.93. The van der Waals surface area contributed by atoms with E-state index in [1.165, 1.54) is 32.1 Å². The Hall–Kier alpha value is -0.610. The first-order valence-electron chi connectivity index (χ1n) is 6.95. The third-order valence-corrected chi connectivity index (χ3v) is 4.70. The molecule has 1 N–H and O–H groups in total. The molecule has 0 aromatic rings. The fourth-order valence-electron chi connectivity index (χ4n) is 3.46. The van der Waals surface area contributed by atoms with Crippen LogP contribution in [-0.2, 0) is 4.79 Å². The van der Waals surface area contributed by atoms with E-state index in [4.69, 9.17) is 0 Å². The Labute approximate surface area is 103 Å². The molecule has 4 heteroatoms. The lowest BCUT2D eigenvalue weighted by Gasteiger charge is -2.40. The van der Waals surface area contributed by atoms with Gasteiger partial charge in [-0.05, 0) is 45.2 Å². The van der Waals surface area contributed by atoms with Crippen LogP contribution >= 0.6 is 0 Å². The SMILES string of the molecule is O=C(O)C1(N2CCCCC2)CCN(C2CC2)C1. The number of piperidine rings is 1. The van der Waals surface area contributed by atoms with Gasteiger partial charge in [0.1, 0.15) is 5.54 Å². The van der Waals surface area contributed by atoms with Gasteiger partial charge in [-0.2, -0.15) is 0 Å². The quantitative estimate of drug-likeness (QED) is 0.801. The van der Waals surface area contributed by atoms with Crippen LogP contribution in [0.1, 0.15) is 38.5 Å². The molecule has 0 radical (unpaired) electrons. The maximum absolute atomic E-state index is 11.7. The van der Waals surface area contributed by atoms with Crippen LogP contribution in [0.2, 0.25) is 0 Å². The van der Waals surface area contributed by atoms with Crippen molar-refractivity contribution in [1.82, 2.24) is 9.80 Å². The van der Waals surface area contributed by atoms with Crippen molar-refractivity contribution in [2.75, 3.05) is 26.2 Å². The first-order chi connectivity index (χ1) is 8.22. The lowest BCUT2D eigenvalue weighted by Crippen LogP contribution is -2.58. The van der Waals surface area contributed by atoms with E-state index in [0.717, 1.165) is 32.6 Å². The highest BCUT2D eigenvalue weighted by molar-refractivity contribution is 5.79. The van der Waals surface area contributed by atoms with Crippen molar-refractivity contribution in [2.45, 2.75) is 50.1 Å². The molecule has 2 aliphatic heterocycles. The van der Waals surface area contributed by atoms with Crippen molar-refractivity contribution in [3.8, 4) is 0 Å². The van der Waals surface area contributed by atoms with Crippen LogP contribution in [0, 0.1) is 0 Å². The summed E-state index contributed by atoms with van der Waals surface area (Å²) in [6.45, 7) is 3.69. The van der Waals surface area contributed by atoms with Crippen LogP contribution in [0.25, 0.3) is 0 Å². The number of carboxylic acid groups (broad SMARTS) is 1. The molecule has 0 aromatic carbocycles. The normalized spacial score (nSPS) is 36.2. The standard InChI is InChI=1S/C13H22N2O2/c16-12(17)13(15-7-2-1-3-8-15)6-9-14(10-13)11-4-5-11/h11H,1-10H2,(H,16,17). The molecular formula is C13H22N2O2. The van der Waals surface area contributed by atoms with Crippen molar-refractivity contribution < 1.29 is 9.90 Å². The molecule has 3 fully saturated rings. The highest BCUT2D eigenvalue weighted by Gasteiger charge is 2.51. The van der Waals surface area contributed by atoms with E-state index < -0.39 is 11.5 Å². The van der Waals surface area contributed by atoms with Gasteiger partial charge in [0, 0.05) is 19.1 Å². The Kier molecular flexibility index (Phi) is 2.87. The van der Waals surface area contributed by atoms with Crippen molar-refractivity contribution >= 4 is 5.97 Å². The van der Waals surface area contributed by atoms with E-state index in [2.05, 4.69) is 9.80 Å². The molecular weight excluding hydrogens is 216 g/mol. The summed E-state index contributed by atoms with van der Waals surface area (Å²) >= 11 is 0. The van der Waals surface area contributed by atoms with E-state index in [9.17, 15) is 9.90 Å². The molecule has 1 unspecified atom stereocenters. The van der Waals surface area contributed by atoms with E-state index in [1.54, 1.807) is 0 Å². The second-order valence-corrected chi connectivity index (χ2v) is 5.84. The number of nitrogens with zero attached hydrogens (tertiary/aromatic N) is 2. The molecule has 96 valence electrons. The first kappa shape index (κ1) is 11.5. The monoisotopic (exact) mass is 238 g/mol. The predicted molar refractivity (Wildman–Crippen MR) is 65.0 cm³/mol. The van der Waals surface area contributed by atoms with Gasteiger partial charge in [0.05, 0.1) is 0 Å². The van der Waals surface area contributed by atoms with E-state index in [1.807, 2.05) is 0 Å². The molecule has 1 saturated carbocycles. The molecule has 2 saturated heterocycles. The number of rotatable bonds is 3. The Balaban J connectivity index is 1.75. The van der Waals surface area contributed by atoms with Gasteiger partial charge in [-0.1, -0.05) is 6.42 Å². The highest BCUT2D eigenvalue weighted by atomic mass is 16.4.